The Morgan fingerprint density at radius 2 is 2.14 bits per heavy atom. The first-order valence-corrected chi connectivity index (χ1v) is 7.43. The molecule has 6 nitrogen and oxygen atoms in total. The van der Waals surface area contributed by atoms with E-state index in [4.69, 9.17) is 10.5 Å². The maximum atomic E-state index is 11.0. The number of nitro benzene ring substituents is 1. The van der Waals surface area contributed by atoms with Crippen molar-refractivity contribution in [3.8, 4) is 0 Å². The Morgan fingerprint density at radius 3 is 2.76 bits per heavy atom. The van der Waals surface area contributed by atoms with Crippen LogP contribution in [0.5, 0.6) is 0 Å². The number of ether oxygens (including phenoxy) is 1. The van der Waals surface area contributed by atoms with E-state index in [9.17, 15) is 10.1 Å². The van der Waals surface area contributed by atoms with Gasteiger partial charge in [0.2, 0.25) is 0 Å². The van der Waals surface area contributed by atoms with Gasteiger partial charge in [0.05, 0.1) is 11.0 Å². The van der Waals surface area contributed by atoms with E-state index in [2.05, 4.69) is 4.90 Å². The lowest BCUT2D eigenvalue weighted by molar-refractivity contribution is -0.385. The van der Waals surface area contributed by atoms with Gasteiger partial charge in [0.25, 0.3) is 5.69 Å². The number of hydrogen-bond acceptors (Lipinski definition) is 5. The minimum atomic E-state index is -0.318. The quantitative estimate of drug-likeness (QED) is 0.494. The van der Waals surface area contributed by atoms with E-state index in [1.807, 2.05) is 12.1 Å². The Bertz CT molecular complexity index is 485. The number of piperidine rings is 1. The molecular formula is C15H23N3O3. The average molecular weight is 293 g/mol. The predicted molar refractivity (Wildman–Crippen MR) is 82.7 cm³/mol. The van der Waals surface area contributed by atoms with Crippen LogP contribution in [0.4, 0.5) is 11.4 Å². The molecule has 0 spiro atoms. The molecular weight excluding hydrogens is 270 g/mol. The molecule has 2 rings (SSSR count). The van der Waals surface area contributed by atoms with E-state index in [-0.39, 0.29) is 16.7 Å². The lowest BCUT2D eigenvalue weighted by Crippen LogP contribution is -2.37. The van der Waals surface area contributed by atoms with Gasteiger partial charge in [-0.3, -0.25) is 10.1 Å². The van der Waals surface area contributed by atoms with Crippen molar-refractivity contribution in [3.63, 3.8) is 0 Å². The van der Waals surface area contributed by atoms with Gasteiger partial charge in [-0.05, 0) is 38.8 Å². The smallest absolute Gasteiger partial charge is 0.274 e. The third-order valence-corrected chi connectivity index (χ3v) is 3.90. The zero-order valence-corrected chi connectivity index (χ0v) is 12.5. The van der Waals surface area contributed by atoms with E-state index in [1.165, 1.54) is 0 Å². The van der Waals surface area contributed by atoms with Crippen molar-refractivity contribution in [3.05, 3.63) is 33.9 Å². The van der Waals surface area contributed by atoms with Crippen LogP contribution in [0.25, 0.3) is 0 Å². The van der Waals surface area contributed by atoms with Crippen LogP contribution in [0.15, 0.2) is 18.2 Å². The summed E-state index contributed by atoms with van der Waals surface area (Å²) in [4.78, 5) is 12.9. The molecule has 1 aliphatic heterocycles. The molecule has 21 heavy (non-hydrogen) atoms. The fourth-order valence-corrected chi connectivity index (χ4v) is 2.61. The summed E-state index contributed by atoms with van der Waals surface area (Å²) in [6.45, 7) is 4.88. The Hall–Kier alpha value is -1.66. The second-order valence-corrected chi connectivity index (χ2v) is 5.43. The number of benzene rings is 1. The third-order valence-electron chi connectivity index (χ3n) is 3.90. The average Bonchev–Trinajstić information content (AvgIpc) is 2.48. The van der Waals surface area contributed by atoms with Gasteiger partial charge in [-0.1, -0.05) is 6.07 Å². The fraction of sp³-hybridized carbons (Fsp3) is 0.600. The predicted octanol–water partition coefficient (Wildman–Crippen LogP) is 2.24. The fourth-order valence-electron chi connectivity index (χ4n) is 2.61. The molecule has 0 aromatic heterocycles. The van der Waals surface area contributed by atoms with Gasteiger partial charge in [0.15, 0.2) is 0 Å². The molecule has 0 atom stereocenters. The summed E-state index contributed by atoms with van der Waals surface area (Å²) < 4.78 is 5.77. The second kappa shape index (κ2) is 7.38. The van der Waals surface area contributed by atoms with Gasteiger partial charge in [-0.2, -0.15) is 0 Å². The summed E-state index contributed by atoms with van der Waals surface area (Å²) in [5.41, 5.74) is 7.26. The van der Waals surface area contributed by atoms with Crippen molar-refractivity contribution in [1.82, 2.24) is 0 Å². The summed E-state index contributed by atoms with van der Waals surface area (Å²) >= 11 is 0. The Kier molecular flexibility index (Phi) is 5.52. The molecule has 0 unspecified atom stereocenters. The molecule has 0 amide bonds. The standard InChI is InChI=1S/C15H23N3O3/c1-12-3-4-13(11-15(12)18(19)20)17-8-5-14(6-9-17)21-10-2-7-16/h3-4,11,14H,2,5-10,16H2,1H3. The molecule has 6 heteroatoms. The zero-order valence-electron chi connectivity index (χ0n) is 12.5. The minimum absolute atomic E-state index is 0.189. The van der Waals surface area contributed by atoms with Crippen LogP contribution >= 0.6 is 0 Å². The topological polar surface area (TPSA) is 81.6 Å². The van der Waals surface area contributed by atoms with Gasteiger partial charge in [0.1, 0.15) is 0 Å². The van der Waals surface area contributed by atoms with Gasteiger partial charge < -0.3 is 15.4 Å². The SMILES string of the molecule is Cc1ccc(N2CCC(OCCCN)CC2)cc1[N+](=O)[O-]. The highest BCUT2D eigenvalue weighted by Gasteiger charge is 2.21. The summed E-state index contributed by atoms with van der Waals surface area (Å²) in [6.07, 6.45) is 3.08. The van der Waals surface area contributed by atoms with E-state index < -0.39 is 0 Å². The van der Waals surface area contributed by atoms with Gasteiger partial charge in [0, 0.05) is 37.0 Å². The van der Waals surface area contributed by atoms with Crippen LogP contribution in [0, 0.1) is 17.0 Å². The van der Waals surface area contributed by atoms with Crippen molar-refractivity contribution >= 4 is 11.4 Å². The molecule has 0 saturated carbocycles. The minimum Gasteiger partial charge on any atom is -0.378 e. The summed E-state index contributed by atoms with van der Waals surface area (Å²) in [6, 6.07) is 5.44. The maximum absolute atomic E-state index is 11.0. The summed E-state index contributed by atoms with van der Waals surface area (Å²) in [5.74, 6) is 0. The van der Waals surface area contributed by atoms with Gasteiger partial charge >= 0.3 is 0 Å². The number of nitrogens with two attached hydrogens (primary N) is 1. The zero-order chi connectivity index (χ0) is 15.2. The highest BCUT2D eigenvalue weighted by Crippen LogP contribution is 2.27. The van der Waals surface area contributed by atoms with Crippen molar-refractivity contribution < 1.29 is 9.66 Å². The lowest BCUT2D eigenvalue weighted by Gasteiger charge is -2.33. The van der Waals surface area contributed by atoms with Crippen molar-refractivity contribution in [1.29, 1.82) is 0 Å². The number of rotatable bonds is 6. The van der Waals surface area contributed by atoms with Crippen LogP contribution in [0.2, 0.25) is 0 Å². The van der Waals surface area contributed by atoms with Gasteiger partial charge in [-0.15, -0.1) is 0 Å². The Balaban J connectivity index is 1.93. The number of hydrogen-bond donors (Lipinski definition) is 1. The van der Waals surface area contributed by atoms with Crippen LogP contribution in [-0.4, -0.2) is 37.3 Å². The van der Waals surface area contributed by atoms with Crippen LogP contribution in [-0.2, 0) is 4.74 Å². The largest absolute Gasteiger partial charge is 0.378 e. The first-order chi connectivity index (χ1) is 10.1. The molecule has 0 bridgehead atoms. The number of nitro groups is 1. The lowest BCUT2D eigenvalue weighted by atomic mass is 10.1. The number of anilines is 1. The highest BCUT2D eigenvalue weighted by molar-refractivity contribution is 5.56. The molecule has 1 fully saturated rings. The Morgan fingerprint density at radius 1 is 1.43 bits per heavy atom. The van der Waals surface area contributed by atoms with Crippen molar-refractivity contribution in [2.24, 2.45) is 5.73 Å². The van der Waals surface area contributed by atoms with E-state index in [1.54, 1.807) is 13.0 Å². The van der Waals surface area contributed by atoms with E-state index in [0.717, 1.165) is 44.6 Å². The van der Waals surface area contributed by atoms with Crippen LogP contribution in [0.1, 0.15) is 24.8 Å². The highest BCUT2D eigenvalue weighted by atomic mass is 16.6. The van der Waals surface area contributed by atoms with Crippen molar-refractivity contribution in [2.45, 2.75) is 32.3 Å². The van der Waals surface area contributed by atoms with Gasteiger partial charge in [-0.25, -0.2) is 0 Å². The molecule has 1 aromatic rings. The summed E-state index contributed by atoms with van der Waals surface area (Å²) in [5, 5.41) is 11.0. The van der Waals surface area contributed by atoms with Crippen LogP contribution < -0.4 is 10.6 Å². The van der Waals surface area contributed by atoms with Crippen molar-refractivity contribution in [2.75, 3.05) is 31.1 Å². The molecule has 0 aliphatic carbocycles. The number of aryl methyl sites for hydroxylation is 1. The molecule has 1 heterocycles. The molecule has 0 radical (unpaired) electrons. The van der Waals surface area contributed by atoms with E-state index in [0.29, 0.717) is 12.1 Å². The molecule has 1 saturated heterocycles. The summed E-state index contributed by atoms with van der Waals surface area (Å²) in [7, 11) is 0. The maximum Gasteiger partial charge on any atom is 0.274 e. The molecule has 116 valence electrons. The number of nitrogens with zero attached hydrogens (tertiary/aromatic N) is 2. The normalized spacial score (nSPS) is 16.2. The van der Waals surface area contributed by atoms with E-state index >= 15 is 0 Å². The van der Waals surface area contributed by atoms with Crippen LogP contribution in [0.3, 0.4) is 0 Å². The third kappa shape index (κ3) is 4.15. The molecule has 1 aromatic carbocycles. The first kappa shape index (κ1) is 15.7. The second-order valence-electron chi connectivity index (χ2n) is 5.43. The monoisotopic (exact) mass is 293 g/mol. The molecule has 2 N–H and O–H groups in total. The molecule has 1 aliphatic rings. The first-order valence-electron chi connectivity index (χ1n) is 7.43. The Labute approximate surface area is 125 Å².